The Balaban J connectivity index is 0.000000673. The van der Waals surface area contributed by atoms with E-state index in [4.69, 9.17) is 15.3 Å². The molecule has 0 aromatic carbocycles. The van der Waals surface area contributed by atoms with Gasteiger partial charge in [-0.25, -0.2) is 18.1 Å². The zero-order valence-electron chi connectivity index (χ0n) is 8.32. The molecular weight excluding hydrogens is 233 g/mol. The lowest BCUT2D eigenvalue weighted by Crippen LogP contribution is -2.18. The van der Waals surface area contributed by atoms with Gasteiger partial charge >= 0.3 is 7.69 Å². The molecule has 0 aliphatic heterocycles. The van der Waals surface area contributed by atoms with Gasteiger partial charge in [0.2, 0.25) is 10.0 Å². The Kier molecular flexibility index (Phi) is 6.28. The molecule has 0 atom stereocenters. The van der Waals surface area contributed by atoms with Gasteiger partial charge < -0.3 is 10.0 Å². The topological polar surface area (TPSA) is 123 Å². The van der Waals surface area contributed by atoms with E-state index in [1.165, 1.54) is 19.2 Å². The fourth-order valence-corrected chi connectivity index (χ4v) is 1.40. The summed E-state index contributed by atoms with van der Waals surface area (Å²) in [5.74, 6) is 0. The van der Waals surface area contributed by atoms with Crippen molar-refractivity contribution in [1.82, 2.24) is 9.71 Å². The summed E-state index contributed by atoms with van der Waals surface area (Å²) in [4.78, 5) is 3.68. The predicted molar refractivity (Wildman–Crippen MR) is 55.4 cm³/mol. The lowest BCUT2D eigenvalue weighted by Gasteiger charge is -1.99. The molecule has 1 aromatic rings. The highest BCUT2D eigenvalue weighted by Crippen LogP contribution is 2.05. The van der Waals surface area contributed by atoms with Gasteiger partial charge in [0.25, 0.3) is 0 Å². The average Bonchev–Trinajstić information content (AvgIpc) is 2.30. The number of nitriles is 1. The van der Waals surface area contributed by atoms with Crippen molar-refractivity contribution < 1.29 is 18.5 Å². The molecule has 0 aliphatic carbocycles. The van der Waals surface area contributed by atoms with Crippen molar-refractivity contribution in [1.29, 1.82) is 5.26 Å². The van der Waals surface area contributed by atoms with Crippen LogP contribution in [0.4, 0.5) is 0 Å². The number of pyridine rings is 1. The van der Waals surface area contributed by atoms with Crippen LogP contribution in [0.25, 0.3) is 0 Å². The number of sulfonamides is 1. The van der Waals surface area contributed by atoms with E-state index in [0.717, 1.165) is 6.20 Å². The molecule has 16 heavy (non-hydrogen) atoms. The van der Waals surface area contributed by atoms with Gasteiger partial charge in [0, 0.05) is 6.20 Å². The zero-order chi connectivity index (χ0) is 12.6. The summed E-state index contributed by atoms with van der Waals surface area (Å²) in [6.45, 7) is 0. The number of hydrogen-bond acceptors (Lipinski definition) is 6. The molecule has 85 valence electrons. The van der Waals surface area contributed by atoms with Gasteiger partial charge in [0.15, 0.2) is 0 Å². The van der Waals surface area contributed by atoms with Crippen molar-refractivity contribution in [3.63, 3.8) is 0 Å². The summed E-state index contributed by atoms with van der Waals surface area (Å²) in [6, 6.07) is 4.48. The average molecular weight is 242 g/mol. The van der Waals surface area contributed by atoms with E-state index in [9.17, 15) is 8.42 Å². The van der Waals surface area contributed by atoms with E-state index < -0.39 is 10.0 Å². The molecule has 1 heterocycles. The SMILES string of the molecule is CNS(=O)(=O)c1ccc(C#N)nc1.O[B]O. The van der Waals surface area contributed by atoms with Crippen molar-refractivity contribution >= 4 is 17.7 Å². The summed E-state index contributed by atoms with van der Waals surface area (Å²) in [6.07, 6.45) is 1.14. The van der Waals surface area contributed by atoms with E-state index in [1.54, 1.807) is 6.07 Å². The molecule has 0 bridgehead atoms. The number of hydrogen-bond donors (Lipinski definition) is 3. The third kappa shape index (κ3) is 4.37. The van der Waals surface area contributed by atoms with Gasteiger partial charge in [-0.1, -0.05) is 0 Å². The molecule has 0 amide bonds. The first kappa shape index (κ1) is 14.5. The summed E-state index contributed by atoms with van der Waals surface area (Å²) < 4.78 is 24.5. The van der Waals surface area contributed by atoms with E-state index in [2.05, 4.69) is 9.71 Å². The first-order valence-corrected chi connectivity index (χ1v) is 5.40. The molecule has 0 aliphatic rings. The Bertz CT molecular complexity index is 454. The maximum atomic E-state index is 11.2. The highest BCUT2D eigenvalue weighted by atomic mass is 32.2. The van der Waals surface area contributed by atoms with E-state index in [0.29, 0.717) is 0 Å². The molecule has 0 fully saturated rings. The Morgan fingerprint density at radius 1 is 1.50 bits per heavy atom. The lowest BCUT2D eigenvalue weighted by atomic mass is 10.4. The third-order valence-corrected chi connectivity index (χ3v) is 2.83. The summed E-state index contributed by atoms with van der Waals surface area (Å²) >= 11 is 0. The largest absolute Gasteiger partial charge is 0.482 e. The highest BCUT2D eigenvalue weighted by molar-refractivity contribution is 7.89. The minimum atomic E-state index is -3.45. The van der Waals surface area contributed by atoms with Gasteiger partial charge in [0.1, 0.15) is 16.7 Å². The fourth-order valence-electron chi connectivity index (χ4n) is 0.723. The quantitative estimate of drug-likeness (QED) is 0.535. The summed E-state index contributed by atoms with van der Waals surface area (Å²) in [5, 5.41) is 22.4. The van der Waals surface area contributed by atoms with Crippen LogP contribution in [-0.2, 0) is 10.0 Å². The second-order valence-corrected chi connectivity index (χ2v) is 4.20. The van der Waals surface area contributed by atoms with Gasteiger partial charge in [-0.3, -0.25) is 0 Å². The van der Waals surface area contributed by atoms with Crippen LogP contribution in [0.1, 0.15) is 5.69 Å². The van der Waals surface area contributed by atoms with Crippen molar-refractivity contribution in [2.45, 2.75) is 4.90 Å². The summed E-state index contributed by atoms with van der Waals surface area (Å²) in [5.41, 5.74) is 0.190. The van der Waals surface area contributed by atoms with E-state index in [1.807, 2.05) is 0 Å². The van der Waals surface area contributed by atoms with E-state index >= 15 is 0 Å². The van der Waals surface area contributed by atoms with Gasteiger partial charge in [-0.15, -0.1) is 0 Å². The minimum Gasteiger partial charge on any atom is -0.429 e. The fraction of sp³-hybridized carbons (Fsp3) is 0.143. The van der Waals surface area contributed by atoms with Crippen LogP contribution in [0.3, 0.4) is 0 Å². The van der Waals surface area contributed by atoms with Crippen molar-refractivity contribution in [2.24, 2.45) is 0 Å². The third-order valence-electron chi connectivity index (χ3n) is 1.43. The Morgan fingerprint density at radius 3 is 2.38 bits per heavy atom. The summed E-state index contributed by atoms with van der Waals surface area (Å²) in [7, 11) is -2.13. The molecule has 0 saturated heterocycles. The molecule has 0 spiro atoms. The molecule has 0 saturated carbocycles. The molecule has 3 N–H and O–H groups in total. The smallest absolute Gasteiger partial charge is 0.429 e. The van der Waals surface area contributed by atoms with Crippen LogP contribution < -0.4 is 4.72 Å². The standard InChI is InChI=1S/C7H7N3O2S.BH2O2/c1-9-13(11,12)7-3-2-6(4-8)10-5-7;2-1-3/h2-3,5,9H,1H3;2-3H. The van der Waals surface area contributed by atoms with Crippen LogP contribution in [0.15, 0.2) is 23.2 Å². The molecular formula is C7H9BN3O4S. The van der Waals surface area contributed by atoms with Crippen LogP contribution in [-0.4, -0.2) is 38.2 Å². The Labute approximate surface area is 93.7 Å². The predicted octanol–water partition coefficient (Wildman–Crippen LogP) is -1.63. The Hall–Kier alpha value is -1.47. The number of nitrogens with zero attached hydrogens (tertiary/aromatic N) is 2. The van der Waals surface area contributed by atoms with Crippen molar-refractivity contribution in [3.8, 4) is 6.07 Å². The van der Waals surface area contributed by atoms with Crippen LogP contribution >= 0.6 is 0 Å². The molecule has 0 unspecified atom stereocenters. The van der Waals surface area contributed by atoms with Crippen LogP contribution in [0.2, 0.25) is 0 Å². The van der Waals surface area contributed by atoms with Gasteiger partial charge in [-0.2, -0.15) is 5.26 Å². The number of aromatic nitrogens is 1. The maximum absolute atomic E-state index is 11.2. The molecule has 1 radical (unpaired) electrons. The maximum Gasteiger partial charge on any atom is 0.482 e. The second kappa shape index (κ2) is 6.92. The van der Waals surface area contributed by atoms with Gasteiger partial charge in [-0.05, 0) is 19.2 Å². The van der Waals surface area contributed by atoms with Crippen LogP contribution in [0, 0.1) is 11.3 Å². The molecule has 7 nitrogen and oxygen atoms in total. The normalized spacial score (nSPS) is 9.62. The Morgan fingerprint density at radius 2 is 2.06 bits per heavy atom. The van der Waals surface area contributed by atoms with E-state index in [-0.39, 0.29) is 18.3 Å². The first-order chi connectivity index (χ1) is 7.51. The minimum absolute atomic E-state index is 0. The lowest BCUT2D eigenvalue weighted by molar-refractivity contribution is 0.448. The first-order valence-electron chi connectivity index (χ1n) is 3.91. The molecule has 9 heteroatoms. The second-order valence-electron chi connectivity index (χ2n) is 2.31. The highest BCUT2D eigenvalue weighted by Gasteiger charge is 2.10. The van der Waals surface area contributed by atoms with Crippen LogP contribution in [0.5, 0.6) is 0 Å². The molecule has 1 rings (SSSR count). The van der Waals surface area contributed by atoms with Crippen molar-refractivity contribution in [3.05, 3.63) is 24.0 Å². The zero-order valence-corrected chi connectivity index (χ0v) is 9.14. The van der Waals surface area contributed by atoms with Crippen molar-refractivity contribution in [2.75, 3.05) is 7.05 Å². The molecule has 1 aromatic heterocycles. The number of nitrogens with one attached hydrogen (secondary N) is 1. The number of rotatable bonds is 2. The monoisotopic (exact) mass is 242 g/mol. The van der Waals surface area contributed by atoms with Gasteiger partial charge in [0.05, 0.1) is 0 Å².